The van der Waals surface area contributed by atoms with Gasteiger partial charge < -0.3 is 25.5 Å². The summed E-state index contributed by atoms with van der Waals surface area (Å²) in [6.45, 7) is 15.6. The molecular formula is C30H50O5. The zero-order chi connectivity index (χ0) is 25.9. The molecule has 0 amide bonds. The molecule has 0 heterocycles. The molecule has 0 radical (unpaired) electrons. The second-order valence-electron chi connectivity index (χ2n) is 15.0. The average Bonchev–Trinajstić information content (AvgIpc) is 3.09. The molecule has 5 aliphatic rings. The summed E-state index contributed by atoms with van der Waals surface area (Å²) in [7, 11) is 0. The van der Waals surface area contributed by atoms with E-state index in [1.54, 1.807) is 0 Å². The predicted octanol–water partition coefficient (Wildman–Crippen LogP) is 3.91. The van der Waals surface area contributed by atoms with E-state index in [9.17, 15) is 25.5 Å². The fourth-order valence-corrected chi connectivity index (χ4v) is 11.4. The molecule has 12 atom stereocenters. The molecule has 0 bridgehead atoms. The van der Waals surface area contributed by atoms with Crippen LogP contribution < -0.4 is 0 Å². The lowest BCUT2D eigenvalue weighted by molar-refractivity contribution is -0.221. The maximum absolute atomic E-state index is 11.8. The van der Waals surface area contributed by atoms with Gasteiger partial charge in [-0.3, -0.25) is 0 Å². The van der Waals surface area contributed by atoms with Gasteiger partial charge >= 0.3 is 0 Å². The Balaban J connectivity index is 1.63. The molecule has 0 aliphatic heterocycles. The molecule has 5 aliphatic carbocycles. The first kappa shape index (κ1) is 26.2. The summed E-state index contributed by atoms with van der Waals surface area (Å²) in [5.41, 5.74) is -0.234. The van der Waals surface area contributed by atoms with Crippen LogP contribution in [-0.2, 0) is 0 Å². The molecule has 4 fully saturated rings. The van der Waals surface area contributed by atoms with E-state index in [4.69, 9.17) is 0 Å². The third kappa shape index (κ3) is 3.00. The van der Waals surface area contributed by atoms with Crippen molar-refractivity contribution in [3.05, 3.63) is 11.6 Å². The van der Waals surface area contributed by atoms with E-state index in [1.807, 2.05) is 13.8 Å². The van der Waals surface area contributed by atoms with E-state index >= 15 is 0 Å². The van der Waals surface area contributed by atoms with Crippen molar-refractivity contribution >= 4 is 0 Å². The zero-order valence-electron chi connectivity index (χ0n) is 23.0. The molecule has 35 heavy (non-hydrogen) atoms. The molecular weight excluding hydrogens is 440 g/mol. The molecule has 0 aromatic rings. The fraction of sp³-hybridized carbons (Fsp3) is 0.933. The standard InChI is InChI=1S/C30H50O5/c1-16(2)18-12-20(33)24-29(7)9-8-17-23(28(29,6)10-11-30(18,24)15-31)19(32)13-22-26(3,4)25(35)21(34)14-27(17,22)5/h8,16,18-25,31-35H,9-15H2,1-7H3/t18-,19-,20+,21+,22+,23-,24+,25-,27+,28-,29+,30+/m0/s1. The van der Waals surface area contributed by atoms with E-state index in [0.29, 0.717) is 24.7 Å². The van der Waals surface area contributed by atoms with Gasteiger partial charge in [0.15, 0.2) is 0 Å². The number of allylic oxidation sites excluding steroid dienone is 1. The molecule has 0 aromatic heterocycles. The summed E-state index contributed by atoms with van der Waals surface area (Å²) in [5.74, 6) is 0.746. The van der Waals surface area contributed by atoms with Gasteiger partial charge in [0.2, 0.25) is 0 Å². The van der Waals surface area contributed by atoms with Crippen molar-refractivity contribution in [3.63, 3.8) is 0 Å². The minimum absolute atomic E-state index is 0.00288. The van der Waals surface area contributed by atoms with Crippen LogP contribution in [0.25, 0.3) is 0 Å². The summed E-state index contributed by atoms with van der Waals surface area (Å²) in [6, 6.07) is 0. The highest BCUT2D eigenvalue weighted by Gasteiger charge is 2.72. The second kappa shape index (κ2) is 7.79. The highest BCUT2D eigenvalue weighted by molar-refractivity contribution is 5.35. The second-order valence-corrected chi connectivity index (χ2v) is 15.0. The normalized spacial score (nSPS) is 57.1. The lowest BCUT2D eigenvalue weighted by atomic mass is 9.35. The largest absolute Gasteiger partial charge is 0.396 e. The van der Waals surface area contributed by atoms with E-state index < -0.39 is 29.8 Å². The van der Waals surface area contributed by atoms with Crippen LogP contribution in [0.2, 0.25) is 0 Å². The average molecular weight is 491 g/mol. The molecule has 0 unspecified atom stereocenters. The van der Waals surface area contributed by atoms with Gasteiger partial charge in [-0.05, 0) is 83.9 Å². The summed E-state index contributed by atoms with van der Waals surface area (Å²) >= 11 is 0. The van der Waals surface area contributed by atoms with Gasteiger partial charge in [-0.1, -0.05) is 60.1 Å². The Labute approximate surface area is 212 Å². The van der Waals surface area contributed by atoms with Crippen molar-refractivity contribution < 1.29 is 25.5 Å². The van der Waals surface area contributed by atoms with Gasteiger partial charge in [0.1, 0.15) is 0 Å². The molecule has 5 rings (SSSR count). The smallest absolute Gasteiger partial charge is 0.0853 e. The Morgan fingerprint density at radius 2 is 1.54 bits per heavy atom. The molecule has 5 nitrogen and oxygen atoms in total. The summed E-state index contributed by atoms with van der Waals surface area (Å²) < 4.78 is 0. The maximum Gasteiger partial charge on any atom is 0.0853 e. The Kier molecular flexibility index (Phi) is 5.82. The van der Waals surface area contributed by atoms with E-state index in [0.717, 1.165) is 25.7 Å². The topological polar surface area (TPSA) is 101 Å². The molecule has 5 heteroatoms. The maximum atomic E-state index is 11.8. The minimum Gasteiger partial charge on any atom is -0.396 e. The van der Waals surface area contributed by atoms with Crippen LogP contribution in [0.15, 0.2) is 11.6 Å². The molecule has 0 aromatic carbocycles. The number of fused-ring (bicyclic) bond motifs is 7. The van der Waals surface area contributed by atoms with Gasteiger partial charge in [-0.25, -0.2) is 0 Å². The highest BCUT2D eigenvalue weighted by Crippen LogP contribution is 2.76. The number of hydrogen-bond donors (Lipinski definition) is 5. The first-order valence-corrected chi connectivity index (χ1v) is 14.2. The third-order valence-electron chi connectivity index (χ3n) is 13.2. The SMILES string of the molecule is CC(C)[C@@H]1C[C@@H](O)[C@H]2[C@@]1(CO)CC[C@@]1(C)[C@H]3C(=CC[C@]21C)[C@@]1(C)C[C@@H](O)[C@H](O)C(C)(C)[C@H]1C[C@@H]3O. The van der Waals surface area contributed by atoms with Gasteiger partial charge in [-0.15, -0.1) is 0 Å². The molecule has 4 saturated carbocycles. The summed E-state index contributed by atoms with van der Waals surface area (Å²) in [4.78, 5) is 0. The lowest BCUT2D eigenvalue weighted by Crippen LogP contribution is -2.67. The van der Waals surface area contributed by atoms with Crippen LogP contribution in [0.4, 0.5) is 0 Å². The van der Waals surface area contributed by atoms with E-state index in [1.165, 1.54) is 5.57 Å². The monoisotopic (exact) mass is 490 g/mol. The van der Waals surface area contributed by atoms with Crippen molar-refractivity contribution in [3.8, 4) is 0 Å². The molecule has 200 valence electrons. The Morgan fingerprint density at radius 1 is 0.886 bits per heavy atom. The Bertz CT molecular complexity index is 897. The van der Waals surface area contributed by atoms with Crippen LogP contribution in [0, 0.1) is 56.7 Å². The first-order chi connectivity index (χ1) is 16.1. The number of aliphatic hydroxyl groups is 5. The van der Waals surface area contributed by atoms with Gasteiger partial charge in [0, 0.05) is 17.9 Å². The highest BCUT2D eigenvalue weighted by atomic mass is 16.3. The van der Waals surface area contributed by atoms with Crippen molar-refractivity contribution in [2.45, 2.75) is 111 Å². The van der Waals surface area contributed by atoms with E-state index in [2.05, 4.69) is 40.7 Å². The molecule has 0 spiro atoms. The van der Waals surface area contributed by atoms with Crippen LogP contribution >= 0.6 is 0 Å². The van der Waals surface area contributed by atoms with Crippen molar-refractivity contribution in [2.24, 2.45) is 56.7 Å². The summed E-state index contributed by atoms with van der Waals surface area (Å²) in [5, 5.41) is 56.0. The quantitative estimate of drug-likeness (QED) is 0.378. The minimum atomic E-state index is -0.796. The third-order valence-corrected chi connectivity index (χ3v) is 13.2. The predicted molar refractivity (Wildman–Crippen MR) is 136 cm³/mol. The van der Waals surface area contributed by atoms with Gasteiger partial charge in [0.25, 0.3) is 0 Å². The van der Waals surface area contributed by atoms with Crippen LogP contribution in [-0.4, -0.2) is 56.6 Å². The molecule has 5 N–H and O–H groups in total. The number of aliphatic hydroxyl groups excluding tert-OH is 5. The lowest BCUT2D eigenvalue weighted by Gasteiger charge is -2.70. The Hall–Kier alpha value is -0.460. The zero-order valence-corrected chi connectivity index (χ0v) is 23.0. The summed E-state index contributed by atoms with van der Waals surface area (Å²) in [6.07, 6.45) is 4.32. The van der Waals surface area contributed by atoms with Crippen LogP contribution in [0.5, 0.6) is 0 Å². The number of rotatable bonds is 2. The van der Waals surface area contributed by atoms with Crippen molar-refractivity contribution in [1.29, 1.82) is 0 Å². The molecule has 0 saturated heterocycles. The van der Waals surface area contributed by atoms with Crippen LogP contribution in [0.1, 0.15) is 87.0 Å². The van der Waals surface area contributed by atoms with Crippen molar-refractivity contribution in [2.75, 3.05) is 6.61 Å². The van der Waals surface area contributed by atoms with E-state index in [-0.39, 0.29) is 46.0 Å². The number of hydrogen-bond acceptors (Lipinski definition) is 5. The fourth-order valence-electron chi connectivity index (χ4n) is 11.4. The van der Waals surface area contributed by atoms with Gasteiger partial charge in [-0.2, -0.15) is 0 Å². The Morgan fingerprint density at radius 3 is 2.14 bits per heavy atom. The van der Waals surface area contributed by atoms with Crippen LogP contribution in [0.3, 0.4) is 0 Å². The first-order valence-electron chi connectivity index (χ1n) is 14.2. The van der Waals surface area contributed by atoms with Crippen molar-refractivity contribution in [1.82, 2.24) is 0 Å². The van der Waals surface area contributed by atoms with Gasteiger partial charge in [0.05, 0.1) is 24.4 Å².